The van der Waals surface area contributed by atoms with Gasteiger partial charge in [0.1, 0.15) is 5.82 Å². The maximum Gasteiger partial charge on any atom is 0.257 e. The van der Waals surface area contributed by atoms with Gasteiger partial charge in [-0.1, -0.05) is 30.3 Å². The topological polar surface area (TPSA) is 54.5 Å². The molecule has 6 heteroatoms. The molecule has 0 unspecified atom stereocenters. The highest BCUT2D eigenvalue weighted by molar-refractivity contribution is 6.07. The summed E-state index contributed by atoms with van der Waals surface area (Å²) in [5.74, 6) is -0.325. The Labute approximate surface area is 156 Å². The molecule has 138 valence electrons. The highest BCUT2D eigenvalue weighted by Gasteiger charge is 2.22. The predicted molar refractivity (Wildman–Crippen MR) is 102 cm³/mol. The van der Waals surface area contributed by atoms with Crippen molar-refractivity contribution in [3.63, 3.8) is 0 Å². The first-order chi connectivity index (χ1) is 13.2. The predicted octanol–water partition coefficient (Wildman–Crippen LogP) is 3.46. The van der Waals surface area contributed by atoms with Gasteiger partial charge >= 0.3 is 0 Å². The number of fused-ring (bicyclic) bond motifs is 1. The van der Waals surface area contributed by atoms with E-state index in [2.05, 4.69) is 10.3 Å². The molecule has 0 bridgehead atoms. The van der Waals surface area contributed by atoms with Crippen LogP contribution in [0.3, 0.4) is 0 Å². The monoisotopic (exact) mass is 365 g/mol. The smallest absolute Gasteiger partial charge is 0.257 e. The van der Waals surface area contributed by atoms with Gasteiger partial charge in [-0.3, -0.25) is 9.78 Å². The average molecular weight is 365 g/mol. The fraction of sp³-hybridized carbons (Fsp3) is 0.238. The largest absolute Gasteiger partial charge is 0.380 e. The fourth-order valence-electron chi connectivity index (χ4n) is 3.22. The molecule has 3 aromatic rings. The number of nitrogens with one attached hydrogen (secondary N) is 1. The van der Waals surface area contributed by atoms with E-state index < -0.39 is 0 Å². The summed E-state index contributed by atoms with van der Waals surface area (Å²) in [6, 6.07) is 14.0. The van der Waals surface area contributed by atoms with Crippen molar-refractivity contribution in [3.05, 3.63) is 71.7 Å². The third-order valence-electron chi connectivity index (χ3n) is 4.69. The van der Waals surface area contributed by atoms with Gasteiger partial charge in [-0.25, -0.2) is 4.39 Å². The first kappa shape index (κ1) is 17.4. The lowest BCUT2D eigenvalue weighted by Gasteiger charge is -2.28. The number of pyridine rings is 1. The van der Waals surface area contributed by atoms with E-state index in [0.717, 1.165) is 22.2 Å². The molecule has 0 saturated carbocycles. The van der Waals surface area contributed by atoms with Gasteiger partial charge < -0.3 is 15.0 Å². The number of rotatable bonds is 4. The van der Waals surface area contributed by atoms with E-state index in [1.165, 1.54) is 12.1 Å². The van der Waals surface area contributed by atoms with Crippen molar-refractivity contribution in [3.8, 4) is 0 Å². The van der Waals surface area contributed by atoms with Crippen LogP contribution in [0.5, 0.6) is 0 Å². The van der Waals surface area contributed by atoms with Crippen molar-refractivity contribution >= 4 is 22.5 Å². The van der Waals surface area contributed by atoms with Crippen LogP contribution in [0.25, 0.3) is 10.9 Å². The van der Waals surface area contributed by atoms with Gasteiger partial charge in [-0.2, -0.15) is 0 Å². The van der Waals surface area contributed by atoms with E-state index >= 15 is 0 Å². The van der Waals surface area contributed by atoms with Crippen LogP contribution in [-0.2, 0) is 11.3 Å². The summed E-state index contributed by atoms with van der Waals surface area (Å²) in [6.07, 6.45) is 1.63. The van der Waals surface area contributed by atoms with Crippen LogP contribution >= 0.6 is 0 Å². The van der Waals surface area contributed by atoms with Gasteiger partial charge in [0.2, 0.25) is 0 Å². The van der Waals surface area contributed by atoms with E-state index in [1.807, 2.05) is 24.3 Å². The third-order valence-corrected chi connectivity index (χ3v) is 4.69. The highest BCUT2D eigenvalue weighted by Crippen LogP contribution is 2.28. The molecule has 1 aliphatic rings. The summed E-state index contributed by atoms with van der Waals surface area (Å²) in [4.78, 5) is 19.3. The minimum atomic E-state index is -0.267. The number of nitrogens with zero attached hydrogens (tertiary/aromatic N) is 2. The molecule has 2 heterocycles. The maximum absolute atomic E-state index is 13.1. The molecule has 0 spiro atoms. The first-order valence-corrected chi connectivity index (χ1v) is 8.95. The number of benzene rings is 2. The van der Waals surface area contributed by atoms with Crippen LogP contribution in [0, 0.1) is 5.82 Å². The van der Waals surface area contributed by atoms with Gasteiger partial charge in [-0.05, 0) is 23.8 Å². The Morgan fingerprint density at radius 3 is 2.63 bits per heavy atom. The van der Waals surface area contributed by atoms with Crippen molar-refractivity contribution in [2.24, 2.45) is 0 Å². The van der Waals surface area contributed by atoms with Crippen LogP contribution in [0.1, 0.15) is 15.9 Å². The normalized spacial score (nSPS) is 14.3. The SMILES string of the molecule is O=C(c1cnc2ccccc2c1NCc1ccc(F)cc1)N1CCOCC1. The number of para-hydroxylation sites is 1. The Morgan fingerprint density at radius 2 is 1.85 bits per heavy atom. The molecule has 1 saturated heterocycles. The van der Waals surface area contributed by atoms with Crippen molar-refractivity contribution in [1.82, 2.24) is 9.88 Å². The summed E-state index contributed by atoms with van der Waals surface area (Å²) >= 11 is 0. The van der Waals surface area contributed by atoms with Gasteiger partial charge in [0.05, 0.1) is 30.0 Å². The quantitative estimate of drug-likeness (QED) is 0.769. The van der Waals surface area contributed by atoms with Gasteiger partial charge in [0, 0.05) is 31.2 Å². The minimum absolute atomic E-state index is 0.0573. The van der Waals surface area contributed by atoms with Crippen LogP contribution < -0.4 is 5.32 Å². The average Bonchev–Trinajstić information content (AvgIpc) is 2.73. The standard InChI is InChI=1S/C21H20FN3O2/c22-16-7-5-15(6-8-16)13-24-20-17-3-1-2-4-19(17)23-14-18(20)21(26)25-9-11-27-12-10-25/h1-8,14H,9-13H2,(H,23,24). The second kappa shape index (κ2) is 7.72. The number of hydrogen-bond acceptors (Lipinski definition) is 4. The number of morpholine rings is 1. The Morgan fingerprint density at radius 1 is 1.11 bits per heavy atom. The zero-order valence-electron chi connectivity index (χ0n) is 14.8. The van der Waals surface area contributed by atoms with E-state index in [0.29, 0.717) is 38.4 Å². The number of ether oxygens (including phenoxy) is 1. The van der Waals surface area contributed by atoms with Crippen molar-refractivity contribution in [1.29, 1.82) is 0 Å². The minimum Gasteiger partial charge on any atom is -0.380 e. The second-order valence-corrected chi connectivity index (χ2v) is 6.45. The molecule has 1 N–H and O–H groups in total. The molecule has 1 amide bonds. The third kappa shape index (κ3) is 3.75. The molecular weight excluding hydrogens is 345 g/mol. The summed E-state index contributed by atoms with van der Waals surface area (Å²) in [5, 5.41) is 4.26. The highest BCUT2D eigenvalue weighted by atomic mass is 19.1. The Hall–Kier alpha value is -2.99. The second-order valence-electron chi connectivity index (χ2n) is 6.45. The zero-order valence-corrected chi connectivity index (χ0v) is 14.8. The number of hydrogen-bond donors (Lipinski definition) is 1. The van der Waals surface area contributed by atoms with Crippen molar-refractivity contribution in [2.75, 3.05) is 31.6 Å². The van der Waals surface area contributed by atoms with Gasteiger partial charge in [0.15, 0.2) is 0 Å². The van der Waals surface area contributed by atoms with Crippen LogP contribution in [0.15, 0.2) is 54.7 Å². The number of halogens is 1. The van der Waals surface area contributed by atoms with Crippen LogP contribution in [0.4, 0.5) is 10.1 Å². The molecule has 27 heavy (non-hydrogen) atoms. The Kier molecular flexibility index (Phi) is 4.98. The summed E-state index contributed by atoms with van der Waals surface area (Å²) in [5.41, 5.74) is 3.04. The lowest BCUT2D eigenvalue weighted by molar-refractivity contribution is 0.0303. The van der Waals surface area contributed by atoms with E-state index in [-0.39, 0.29) is 11.7 Å². The van der Waals surface area contributed by atoms with Crippen LogP contribution in [0.2, 0.25) is 0 Å². The maximum atomic E-state index is 13.1. The first-order valence-electron chi connectivity index (χ1n) is 8.95. The van der Waals surface area contributed by atoms with E-state index in [1.54, 1.807) is 23.2 Å². The molecule has 1 aromatic heterocycles. The molecule has 5 nitrogen and oxygen atoms in total. The summed E-state index contributed by atoms with van der Waals surface area (Å²) in [6.45, 7) is 2.72. The lowest BCUT2D eigenvalue weighted by Crippen LogP contribution is -2.41. The van der Waals surface area contributed by atoms with Gasteiger partial charge in [-0.15, -0.1) is 0 Å². The van der Waals surface area contributed by atoms with Crippen molar-refractivity contribution in [2.45, 2.75) is 6.54 Å². The molecule has 1 fully saturated rings. The number of aromatic nitrogens is 1. The van der Waals surface area contributed by atoms with Crippen LogP contribution in [-0.4, -0.2) is 42.1 Å². The molecule has 0 aliphatic carbocycles. The number of anilines is 1. The molecule has 1 aliphatic heterocycles. The number of amides is 1. The fourth-order valence-corrected chi connectivity index (χ4v) is 3.22. The van der Waals surface area contributed by atoms with E-state index in [4.69, 9.17) is 4.74 Å². The molecule has 4 rings (SSSR count). The Bertz CT molecular complexity index is 953. The Balaban J connectivity index is 1.68. The van der Waals surface area contributed by atoms with E-state index in [9.17, 15) is 9.18 Å². The lowest BCUT2D eigenvalue weighted by atomic mass is 10.1. The zero-order chi connectivity index (χ0) is 18.6. The number of carbonyl (C=O) groups is 1. The molecule has 0 atom stereocenters. The number of carbonyl (C=O) groups excluding carboxylic acids is 1. The summed E-state index contributed by atoms with van der Waals surface area (Å²) < 4.78 is 18.5. The van der Waals surface area contributed by atoms with Crippen molar-refractivity contribution < 1.29 is 13.9 Å². The molecule has 0 radical (unpaired) electrons. The molecule has 2 aromatic carbocycles. The summed E-state index contributed by atoms with van der Waals surface area (Å²) in [7, 11) is 0. The molecular formula is C21H20FN3O2. The van der Waals surface area contributed by atoms with Gasteiger partial charge in [0.25, 0.3) is 5.91 Å².